The van der Waals surface area contributed by atoms with Crippen LogP contribution in [0.4, 0.5) is 0 Å². The van der Waals surface area contributed by atoms with Crippen LogP contribution in [0.5, 0.6) is 11.5 Å². The highest BCUT2D eigenvalue weighted by molar-refractivity contribution is 5.85. The lowest BCUT2D eigenvalue weighted by molar-refractivity contribution is 0.430. The fourth-order valence-corrected chi connectivity index (χ4v) is 4.96. The normalized spacial score (nSPS) is 11.1. The van der Waals surface area contributed by atoms with Crippen LogP contribution in [0.2, 0.25) is 0 Å². The van der Waals surface area contributed by atoms with Crippen molar-refractivity contribution in [1.29, 1.82) is 0 Å². The molecule has 0 heterocycles. The van der Waals surface area contributed by atoms with Crippen molar-refractivity contribution >= 4 is 12.4 Å². The second-order valence-corrected chi connectivity index (χ2v) is 9.77. The molecular weight excluding hydrogens is 444 g/mol. The number of phenols is 2. The van der Waals surface area contributed by atoms with Gasteiger partial charge in [0.1, 0.15) is 11.5 Å². The minimum atomic E-state index is 0. The zero-order chi connectivity index (χ0) is 24.3. The minimum absolute atomic E-state index is 0. The molecule has 0 radical (unpaired) electrons. The molecule has 1 aromatic rings. The Kier molecular flexibility index (Phi) is 20.7. The number of phenolic OH excluding ortho intramolecular Hbond substituents is 2. The Balaban J connectivity index is 0.0000109. The highest BCUT2D eigenvalue weighted by Crippen LogP contribution is 2.39. The number of hydrogen-bond donors (Lipinski definition) is 4. The molecule has 0 aromatic heterocycles. The average molecular weight is 499 g/mol. The topological polar surface area (TPSA) is 64.5 Å². The highest BCUT2D eigenvalue weighted by atomic mass is 35.5. The Morgan fingerprint density at radius 3 is 1.18 bits per heavy atom. The number of hydrogen-bond acceptors (Lipinski definition) is 4. The molecule has 1 rings (SSSR count). The van der Waals surface area contributed by atoms with Crippen LogP contribution in [0.25, 0.3) is 0 Å². The molecule has 0 aliphatic carbocycles. The van der Waals surface area contributed by atoms with Crippen molar-refractivity contribution in [3.63, 3.8) is 0 Å². The predicted octanol–water partition coefficient (Wildman–Crippen LogP) is 7.93. The number of aromatic hydroxyl groups is 2. The predicted molar refractivity (Wildman–Crippen MR) is 151 cm³/mol. The molecule has 0 bridgehead atoms. The van der Waals surface area contributed by atoms with Gasteiger partial charge in [-0.05, 0) is 33.4 Å². The van der Waals surface area contributed by atoms with Crippen molar-refractivity contribution in [3.8, 4) is 11.5 Å². The van der Waals surface area contributed by atoms with Gasteiger partial charge in [-0.15, -0.1) is 12.4 Å². The lowest BCUT2D eigenvalue weighted by Gasteiger charge is -2.21. The molecule has 5 heteroatoms. The molecule has 0 amide bonds. The van der Waals surface area contributed by atoms with Crippen LogP contribution in [0.3, 0.4) is 0 Å². The molecule has 0 spiro atoms. The summed E-state index contributed by atoms with van der Waals surface area (Å²) in [5, 5.41) is 28.4. The standard InChI is InChI=1S/C29H54N2O2.ClH/c1-5-7-8-9-10-11-12-13-14-15-16-17-18-19-21-25-27(23-31-4)28(32)24(20-6-2)26(22-30-3)29(25)33;/h30-33H,5-23H2,1-4H3;1H. The van der Waals surface area contributed by atoms with E-state index in [9.17, 15) is 10.2 Å². The summed E-state index contributed by atoms with van der Waals surface area (Å²) in [5.74, 6) is 0.778. The van der Waals surface area contributed by atoms with E-state index in [-0.39, 0.29) is 12.4 Å². The third kappa shape index (κ3) is 12.1. The van der Waals surface area contributed by atoms with Gasteiger partial charge < -0.3 is 20.8 Å². The zero-order valence-corrected chi connectivity index (χ0v) is 23.6. The third-order valence-electron chi connectivity index (χ3n) is 6.86. The van der Waals surface area contributed by atoms with Crippen molar-refractivity contribution in [1.82, 2.24) is 10.6 Å². The molecule has 0 saturated heterocycles. The van der Waals surface area contributed by atoms with E-state index < -0.39 is 0 Å². The first kappa shape index (κ1) is 33.0. The molecule has 4 N–H and O–H groups in total. The maximum atomic E-state index is 11.1. The van der Waals surface area contributed by atoms with Crippen molar-refractivity contribution in [2.75, 3.05) is 14.1 Å². The van der Waals surface area contributed by atoms with E-state index in [1.54, 1.807) is 0 Å². The summed E-state index contributed by atoms with van der Waals surface area (Å²) in [7, 11) is 3.79. The summed E-state index contributed by atoms with van der Waals surface area (Å²) >= 11 is 0. The van der Waals surface area contributed by atoms with Gasteiger partial charge in [0.05, 0.1) is 0 Å². The van der Waals surface area contributed by atoms with Crippen LogP contribution in [0, 0.1) is 0 Å². The SMILES string of the molecule is CCCCCCCCCCCCCCCCc1c(O)c(CNC)c(CCC)c(O)c1CNC.Cl. The molecule has 0 atom stereocenters. The Bertz CT molecular complexity index is 637. The lowest BCUT2D eigenvalue weighted by Crippen LogP contribution is -2.14. The first-order valence-electron chi connectivity index (χ1n) is 14.0. The zero-order valence-electron chi connectivity index (χ0n) is 22.7. The second kappa shape index (κ2) is 21.3. The summed E-state index contributed by atoms with van der Waals surface area (Å²) in [6, 6.07) is 0. The molecule has 0 saturated carbocycles. The molecular formula is C29H55ClN2O2. The summed E-state index contributed by atoms with van der Waals surface area (Å²) in [6.45, 7) is 5.56. The summed E-state index contributed by atoms with van der Waals surface area (Å²) in [6.07, 6.45) is 21.4. The quantitative estimate of drug-likeness (QED) is 0.102. The minimum Gasteiger partial charge on any atom is -0.507 e. The van der Waals surface area contributed by atoms with E-state index in [1.165, 1.54) is 83.5 Å². The van der Waals surface area contributed by atoms with Crippen LogP contribution >= 0.6 is 12.4 Å². The van der Waals surface area contributed by atoms with Gasteiger partial charge in [0.2, 0.25) is 0 Å². The molecule has 34 heavy (non-hydrogen) atoms. The monoisotopic (exact) mass is 498 g/mol. The summed E-state index contributed by atoms with van der Waals surface area (Å²) in [4.78, 5) is 0. The van der Waals surface area contributed by atoms with Crippen molar-refractivity contribution in [2.45, 2.75) is 136 Å². The number of nitrogens with one attached hydrogen (secondary N) is 2. The van der Waals surface area contributed by atoms with Gasteiger partial charge in [-0.1, -0.05) is 104 Å². The summed E-state index contributed by atoms with van der Waals surface area (Å²) < 4.78 is 0. The Labute approximate surface area is 217 Å². The fourth-order valence-electron chi connectivity index (χ4n) is 4.96. The first-order chi connectivity index (χ1) is 16.1. The summed E-state index contributed by atoms with van der Waals surface area (Å²) in [5.41, 5.74) is 3.59. The van der Waals surface area contributed by atoms with Crippen molar-refractivity contribution < 1.29 is 10.2 Å². The van der Waals surface area contributed by atoms with Crippen LogP contribution in [-0.4, -0.2) is 24.3 Å². The van der Waals surface area contributed by atoms with Crippen LogP contribution in [0.1, 0.15) is 132 Å². The number of unbranched alkanes of at least 4 members (excludes halogenated alkanes) is 13. The molecule has 200 valence electrons. The van der Waals surface area contributed by atoms with E-state index in [0.717, 1.165) is 47.9 Å². The number of halogens is 1. The largest absolute Gasteiger partial charge is 0.507 e. The van der Waals surface area contributed by atoms with Crippen LogP contribution < -0.4 is 10.6 Å². The molecule has 0 unspecified atom stereocenters. The number of benzene rings is 1. The Hall–Kier alpha value is -0.970. The maximum Gasteiger partial charge on any atom is 0.124 e. The van der Waals surface area contributed by atoms with Gasteiger partial charge in [-0.3, -0.25) is 0 Å². The van der Waals surface area contributed by atoms with E-state index in [4.69, 9.17) is 0 Å². The lowest BCUT2D eigenvalue weighted by atomic mass is 9.90. The van der Waals surface area contributed by atoms with E-state index in [0.29, 0.717) is 24.6 Å². The first-order valence-corrected chi connectivity index (χ1v) is 14.0. The van der Waals surface area contributed by atoms with Gasteiger partial charge in [0.15, 0.2) is 0 Å². The second-order valence-electron chi connectivity index (χ2n) is 9.77. The molecule has 0 aliphatic heterocycles. The van der Waals surface area contributed by atoms with Gasteiger partial charge in [-0.25, -0.2) is 0 Å². The maximum absolute atomic E-state index is 11.1. The third-order valence-corrected chi connectivity index (χ3v) is 6.86. The van der Waals surface area contributed by atoms with Gasteiger partial charge in [-0.2, -0.15) is 0 Å². The van der Waals surface area contributed by atoms with Crippen LogP contribution in [-0.2, 0) is 25.9 Å². The van der Waals surface area contributed by atoms with Crippen LogP contribution in [0.15, 0.2) is 0 Å². The van der Waals surface area contributed by atoms with Gasteiger partial charge in [0, 0.05) is 35.3 Å². The highest BCUT2D eigenvalue weighted by Gasteiger charge is 2.22. The molecule has 1 aromatic carbocycles. The van der Waals surface area contributed by atoms with Crippen molar-refractivity contribution in [3.05, 3.63) is 22.3 Å². The van der Waals surface area contributed by atoms with Crippen molar-refractivity contribution in [2.24, 2.45) is 0 Å². The Morgan fingerprint density at radius 1 is 0.471 bits per heavy atom. The Morgan fingerprint density at radius 2 is 0.824 bits per heavy atom. The molecule has 0 aliphatic rings. The molecule has 4 nitrogen and oxygen atoms in total. The van der Waals surface area contributed by atoms with E-state index in [1.807, 2.05) is 14.1 Å². The molecule has 0 fully saturated rings. The number of rotatable bonds is 21. The van der Waals surface area contributed by atoms with Gasteiger partial charge in [0.25, 0.3) is 0 Å². The van der Waals surface area contributed by atoms with E-state index in [2.05, 4.69) is 24.5 Å². The van der Waals surface area contributed by atoms with E-state index >= 15 is 0 Å². The fraction of sp³-hybridized carbons (Fsp3) is 0.793. The smallest absolute Gasteiger partial charge is 0.124 e. The van der Waals surface area contributed by atoms with Gasteiger partial charge >= 0.3 is 0 Å². The average Bonchev–Trinajstić information content (AvgIpc) is 2.81.